The summed E-state index contributed by atoms with van der Waals surface area (Å²) in [4.78, 5) is 22.2. The van der Waals surface area contributed by atoms with Crippen LogP contribution in [0.4, 0.5) is 0 Å². The van der Waals surface area contributed by atoms with Crippen molar-refractivity contribution in [3.63, 3.8) is 0 Å². The van der Waals surface area contributed by atoms with Gasteiger partial charge in [-0.1, -0.05) is 38.0 Å². The molecule has 1 aromatic rings. The Morgan fingerprint density at radius 3 is 2.70 bits per heavy atom. The van der Waals surface area contributed by atoms with Crippen LogP contribution in [0.3, 0.4) is 0 Å². The Labute approximate surface area is 198 Å². The molecule has 0 unspecified atom stereocenters. The predicted molar refractivity (Wildman–Crippen MR) is 129 cm³/mol. The second kappa shape index (κ2) is 10.9. The number of hydrogen-bond acceptors (Lipinski definition) is 5. The van der Waals surface area contributed by atoms with Gasteiger partial charge in [-0.15, -0.1) is 0 Å². The van der Waals surface area contributed by atoms with Crippen molar-refractivity contribution in [3.05, 3.63) is 23.4 Å². The van der Waals surface area contributed by atoms with Gasteiger partial charge in [0.05, 0.1) is 12.6 Å². The highest BCUT2D eigenvalue weighted by atomic mass is 16.5. The van der Waals surface area contributed by atoms with E-state index in [-0.39, 0.29) is 30.6 Å². The number of ether oxygens (including phenoxy) is 1. The van der Waals surface area contributed by atoms with Crippen molar-refractivity contribution in [2.24, 2.45) is 17.8 Å². The van der Waals surface area contributed by atoms with E-state index in [4.69, 9.17) is 4.74 Å². The average Bonchev–Trinajstić information content (AvgIpc) is 3.64. The van der Waals surface area contributed by atoms with Gasteiger partial charge in [0.25, 0.3) is 5.91 Å². The molecule has 33 heavy (non-hydrogen) atoms. The van der Waals surface area contributed by atoms with Gasteiger partial charge in [0.2, 0.25) is 5.88 Å². The van der Waals surface area contributed by atoms with Crippen LogP contribution in [-0.4, -0.2) is 71.2 Å². The lowest BCUT2D eigenvalue weighted by atomic mass is 9.90. The van der Waals surface area contributed by atoms with Gasteiger partial charge in [0, 0.05) is 43.2 Å². The van der Waals surface area contributed by atoms with Crippen LogP contribution in [0.15, 0.2) is 12.3 Å². The van der Waals surface area contributed by atoms with Crippen LogP contribution < -0.4 is 4.74 Å². The number of nitrogens with zero attached hydrogens (tertiary/aromatic N) is 3. The monoisotopic (exact) mass is 453 g/mol. The molecule has 2 aliphatic carbocycles. The molecular formula is C27H39N3O3. The number of amides is 1. The van der Waals surface area contributed by atoms with Crippen molar-refractivity contribution < 1.29 is 14.6 Å². The van der Waals surface area contributed by atoms with E-state index < -0.39 is 0 Å². The zero-order chi connectivity index (χ0) is 23.4. The van der Waals surface area contributed by atoms with Crippen LogP contribution in [0.25, 0.3) is 0 Å². The van der Waals surface area contributed by atoms with Gasteiger partial charge in [0.15, 0.2) is 0 Å². The highest BCUT2D eigenvalue weighted by Gasteiger charge is 2.34. The zero-order valence-corrected chi connectivity index (χ0v) is 20.4. The fraction of sp³-hybridized carbons (Fsp3) is 0.704. The Morgan fingerprint density at radius 1 is 1.24 bits per heavy atom. The van der Waals surface area contributed by atoms with Gasteiger partial charge in [-0.2, -0.15) is 0 Å². The molecule has 3 aliphatic rings. The van der Waals surface area contributed by atoms with E-state index in [1.165, 1.54) is 32.1 Å². The summed E-state index contributed by atoms with van der Waals surface area (Å²) >= 11 is 0. The van der Waals surface area contributed by atoms with E-state index in [0.29, 0.717) is 23.9 Å². The summed E-state index contributed by atoms with van der Waals surface area (Å²) in [5, 5.41) is 9.83. The fourth-order valence-corrected chi connectivity index (χ4v) is 4.94. The molecule has 0 radical (unpaired) electrons. The van der Waals surface area contributed by atoms with Crippen LogP contribution in [0, 0.1) is 29.6 Å². The first kappa shape index (κ1) is 24.0. The number of pyridine rings is 1. The molecule has 0 aromatic carbocycles. The minimum Gasteiger partial charge on any atom is -0.472 e. The molecule has 6 nitrogen and oxygen atoms in total. The lowest BCUT2D eigenvalue weighted by Gasteiger charge is -2.37. The molecule has 2 heterocycles. The van der Waals surface area contributed by atoms with Crippen LogP contribution in [0.5, 0.6) is 5.88 Å². The third-order valence-corrected chi connectivity index (χ3v) is 7.31. The lowest BCUT2D eigenvalue weighted by Crippen LogP contribution is -2.50. The van der Waals surface area contributed by atoms with E-state index in [9.17, 15) is 9.90 Å². The molecule has 1 aromatic heterocycles. The largest absolute Gasteiger partial charge is 0.472 e. The van der Waals surface area contributed by atoms with E-state index in [0.717, 1.165) is 37.4 Å². The van der Waals surface area contributed by atoms with Gasteiger partial charge in [-0.3, -0.25) is 4.79 Å². The molecule has 1 N–H and O–H groups in total. The Balaban J connectivity index is 1.60. The summed E-state index contributed by atoms with van der Waals surface area (Å²) in [7, 11) is 2.14. The first-order valence-corrected chi connectivity index (χ1v) is 12.7. The molecule has 4 rings (SSSR count). The first-order chi connectivity index (χ1) is 15.9. The number of rotatable bonds is 6. The highest BCUT2D eigenvalue weighted by Crippen LogP contribution is 2.31. The first-order valence-electron chi connectivity index (χ1n) is 12.7. The van der Waals surface area contributed by atoms with Crippen molar-refractivity contribution in [3.8, 4) is 17.7 Å². The summed E-state index contributed by atoms with van der Waals surface area (Å²) in [6.07, 6.45) is 10.4. The molecule has 180 valence electrons. The minimum absolute atomic E-state index is 0.0739. The van der Waals surface area contributed by atoms with E-state index in [1.807, 2.05) is 13.0 Å². The average molecular weight is 454 g/mol. The second-order valence-corrected chi connectivity index (χ2v) is 10.5. The number of hydrogen-bond donors (Lipinski definition) is 1. The summed E-state index contributed by atoms with van der Waals surface area (Å²) in [6, 6.07) is 1.56. The van der Waals surface area contributed by atoms with Gasteiger partial charge >= 0.3 is 0 Å². The number of likely N-dealkylation sites (N-methyl/N-ethyl adjacent to an activating group) is 1. The molecule has 3 atom stereocenters. The topological polar surface area (TPSA) is 65.9 Å². The Morgan fingerprint density at radius 2 is 2.00 bits per heavy atom. The number of aromatic nitrogens is 1. The molecule has 6 heteroatoms. The van der Waals surface area contributed by atoms with Crippen LogP contribution >= 0.6 is 0 Å². The van der Waals surface area contributed by atoms with Crippen LogP contribution in [-0.2, 0) is 0 Å². The van der Waals surface area contributed by atoms with E-state index in [2.05, 4.69) is 35.7 Å². The van der Waals surface area contributed by atoms with Gasteiger partial charge in [-0.25, -0.2) is 4.98 Å². The second-order valence-electron chi connectivity index (χ2n) is 10.5. The van der Waals surface area contributed by atoms with E-state index in [1.54, 1.807) is 11.1 Å². The molecule has 1 aliphatic heterocycles. The van der Waals surface area contributed by atoms with Gasteiger partial charge < -0.3 is 19.6 Å². The smallest absolute Gasteiger partial charge is 0.259 e. The van der Waals surface area contributed by atoms with Crippen LogP contribution in [0.2, 0.25) is 0 Å². The number of carbonyl (C=O) groups is 1. The van der Waals surface area contributed by atoms with E-state index >= 15 is 0 Å². The normalized spacial score (nSPS) is 24.9. The summed E-state index contributed by atoms with van der Waals surface area (Å²) < 4.78 is 6.39. The Bertz CT molecular complexity index is 882. The van der Waals surface area contributed by atoms with Crippen molar-refractivity contribution >= 4 is 5.91 Å². The van der Waals surface area contributed by atoms with Crippen molar-refractivity contribution in [1.29, 1.82) is 0 Å². The fourth-order valence-electron chi connectivity index (χ4n) is 4.94. The SMILES string of the molecule is C[C@H]1CN([C@@H](C)CO)C(=O)c2cc(C#CC3CCCCC3)cnc2O[C@H]1CN(C)CC1CC1. The number of carbonyl (C=O) groups excluding carboxylic acids is 1. The quantitative estimate of drug-likeness (QED) is 0.667. The Kier molecular flexibility index (Phi) is 7.93. The maximum atomic E-state index is 13.5. The standard InChI is InChI=1S/C27H39N3O3/c1-19-15-30(20(2)18-31)27(32)24-13-23(12-9-21-7-5-4-6-8-21)14-28-26(24)33-25(19)17-29(3)16-22-10-11-22/h13-14,19-22,25,31H,4-8,10-11,15-18H2,1-3H3/t19-,20-,25-/m0/s1. The maximum Gasteiger partial charge on any atom is 0.259 e. The summed E-state index contributed by atoms with van der Waals surface area (Å²) in [6.45, 7) is 6.35. The summed E-state index contributed by atoms with van der Waals surface area (Å²) in [5.74, 6) is 8.26. The zero-order valence-electron chi connectivity index (χ0n) is 20.4. The van der Waals surface area contributed by atoms with Crippen molar-refractivity contribution in [2.45, 2.75) is 70.9 Å². The molecule has 0 spiro atoms. The number of aliphatic hydroxyl groups excluding tert-OH is 1. The third-order valence-electron chi connectivity index (χ3n) is 7.31. The molecule has 0 saturated heterocycles. The van der Waals surface area contributed by atoms with Crippen molar-refractivity contribution in [1.82, 2.24) is 14.8 Å². The summed E-state index contributed by atoms with van der Waals surface area (Å²) in [5.41, 5.74) is 1.20. The third kappa shape index (κ3) is 6.28. The molecule has 2 fully saturated rings. The minimum atomic E-state index is -0.271. The lowest BCUT2D eigenvalue weighted by molar-refractivity contribution is 0.0327. The number of aliphatic hydroxyl groups is 1. The maximum absolute atomic E-state index is 13.5. The number of fused-ring (bicyclic) bond motifs is 1. The molecular weight excluding hydrogens is 414 g/mol. The van der Waals surface area contributed by atoms with Gasteiger partial charge in [0.1, 0.15) is 11.7 Å². The molecule has 0 bridgehead atoms. The van der Waals surface area contributed by atoms with Crippen LogP contribution in [0.1, 0.15) is 74.7 Å². The Hall–Kier alpha value is -2.10. The predicted octanol–water partition coefficient (Wildman–Crippen LogP) is 3.58. The molecule has 1 amide bonds. The highest BCUT2D eigenvalue weighted by molar-refractivity contribution is 5.97. The molecule has 2 saturated carbocycles. The van der Waals surface area contributed by atoms with Gasteiger partial charge in [-0.05, 0) is 51.6 Å². The van der Waals surface area contributed by atoms with Crippen molar-refractivity contribution in [2.75, 3.05) is 33.3 Å².